The lowest BCUT2D eigenvalue weighted by molar-refractivity contribution is 0.632. The smallest absolute Gasteiger partial charge is 0.165 e. The van der Waals surface area contributed by atoms with E-state index in [1.165, 1.54) is 12.1 Å². The van der Waals surface area contributed by atoms with E-state index < -0.39 is 5.82 Å². The Kier molecular flexibility index (Phi) is 3.45. The van der Waals surface area contributed by atoms with Gasteiger partial charge in [0.05, 0.1) is 10.7 Å². The molecule has 0 aliphatic rings. The Morgan fingerprint density at radius 2 is 2.00 bits per heavy atom. The number of hydrogen-bond acceptors (Lipinski definition) is 3. The summed E-state index contributed by atoms with van der Waals surface area (Å²) in [7, 11) is 0. The minimum Gasteiger partial charge on any atom is -0.338 e. The van der Waals surface area contributed by atoms with Crippen LogP contribution in [0.3, 0.4) is 0 Å². The quantitative estimate of drug-likeness (QED) is 0.840. The Morgan fingerprint density at radius 3 is 2.71 bits per heavy atom. The zero-order valence-corrected chi connectivity index (χ0v) is 10.3. The highest BCUT2D eigenvalue weighted by Gasteiger charge is 2.07. The van der Waals surface area contributed by atoms with Gasteiger partial charge < -0.3 is 5.32 Å². The maximum absolute atomic E-state index is 13.6. The number of hydrogen-bond donors (Lipinski definition) is 1. The van der Waals surface area contributed by atoms with E-state index in [9.17, 15) is 4.39 Å². The molecule has 0 aliphatic heterocycles. The van der Waals surface area contributed by atoms with Gasteiger partial charge in [-0.15, -0.1) is 0 Å². The Balaban J connectivity index is 2.34. The Hall–Kier alpha value is -1.39. The molecular formula is C11H8Cl2FN3. The van der Waals surface area contributed by atoms with Gasteiger partial charge in [-0.2, -0.15) is 0 Å². The monoisotopic (exact) mass is 271 g/mol. The Labute approximate surface area is 108 Å². The summed E-state index contributed by atoms with van der Waals surface area (Å²) in [6.45, 7) is 1.70. The van der Waals surface area contributed by atoms with Gasteiger partial charge in [0, 0.05) is 6.07 Å². The third kappa shape index (κ3) is 2.84. The van der Waals surface area contributed by atoms with Crippen molar-refractivity contribution in [2.75, 3.05) is 5.32 Å². The topological polar surface area (TPSA) is 37.8 Å². The fourth-order valence-electron chi connectivity index (χ4n) is 1.33. The van der Waals surface area contributed by atoms with Crippen molar-refractivity contribution < 1.29 is 4.39 Å². The number of aromatic nitrogens is 2. The number of anilines is 2. The highest BCUT2D eigenvalue weighted by Crippen LogP contribution is 2.25. The van der Waals surface area contributed by atoms with Gasteiger partial charge in [-0.1, -0.05) is 29.3 Å². The van der Waals surface area contributed by atoms with Crippen molar-refractivity contribution in [2.24, 2.45) is 0 Å². The molecule has 88 valence electrons. The van der Waals surface area contributed by atoms with Crippen LogP contribution in [0.1, 0.15) is 5.82 Å². The van der Waals surface area contributed by atoms with E-state index in [-0.39, 0.29) is 10.7 Å². The molecule has 0 amide bonds. The normalized spacial score (nSPS) is 10.4. The van der Waals surface area contributed by atoms with Gasteiger partial charge in [0.15, 0.2) is 5.82 Å². The minimum atomic E-state index is -0.526. The molecule has 2 aromatic rings. The van der Waals surface area contributed by atoms with Crippen LogP contribution in [0.4, 0.5) is 15.9 Å². The maximum Gasteiger partial charge on any atom is 0.165 e. The molecule has 1 N–H and O–H groups in total. The Morgan fingerprint density at radius 1 is 1.24 bits per heavy atom. The average molecular weight is 272 g/mol. The first-order valence-electron chi connectivity index (χ1n) is 4.78. The lowest BCUT2D eigenvalue weighted by Gasteiger charge is -2.08. The van der Waals surface area contributed by atoms with E-state index in [4.69, 9.17) is 23.2 Å². The lowest BCUT2D eigenvalue weighted by atomic mass is 10.3. The molecule has 0 atom stereocenters. The summed E-state index contributed by atoms with van der Waals surface area (Å²) in [4.78, 5) is 7.99. The zero-order chi connectivity index (χ0) is 12.4. The molecule has 1 aromatic carbocycles. The van der Waals surface area contributed by atoms with Crippen molar-refractivity contribution in [3.05, 3.63) is 46.1 Å². The number of halogens is 3. The molecule has 0 unspecified atom stereocenters. The van der Waals surface area contributed by atoms with Gasteiger partial charge >= 0.3 is 0 Å². The fourth-order valence-corrected chi connectivity index (χ4v) is 1.73. The largest absolute Gasteiger partial charge is 0.338 e. The average Bonchev–Trinajstić information content (AvgIpc) is 2.23. The van der Waals surface area contributed by atoms with Crippen LogP contribution in [0.15, 0.2) is 24.3 Å². The highest BCUT2D eigenvalue weighted by molar-refractivity contribution is 6.31. The number of benzene rings is 1. The highest BCUT2D eigenvalue weighted by atomic mass is 35.5. The van der Waals surface area contributed by atoms with Gasteiger partial charge in [0.25, 0.3) is 0 Å². The van der Waals surface area contributed by atoms with Crippen LogP contribution in [0.2, 0.25) is 10.2 Å². The van der Waals surface area contributed by atoms with Crippen LogP contribution in [0.25, 0.3) is 0 Å². The van der Waals surface area contributed by atoms with Crippen molar-refractivity contribution in [2.45, 2.75) is 6.92 Å². The summed E-state index contributed by atoms with van der Waals surface area (Å²) in [5, 5.41) is 3.14. The van der Waals surface area contributed by atoms with E-state index >= 15 is 0 Å². The molecule has 0 bridgehead atoms. The summed E-state index contributed by atoms with van der Waals surface area (Å²) in [5.41, 5.74) is 0.242. The molecular weight excluding hydrogens is 264 g/mol. The second-order valence-electron chi connectivity index (χ2n) is 3.35. The Bertz CT molecular complexity index is 540. The maximum atomic E-state index is 13.6. The molecule has 0 radical (unpaired) electrons. The van der Waals surface area contributed by atoms with Crippen molar-refractivity contribution in [3.8, 4) is 0 Å². The summed E-state index contributed by atoms with van der Waals surface area (Å²) in [5.74, 6) is 0.396. The predicted octanol–water partition coefficient (Wildman–Crippen LogP) is 3.97. The number of nitrogens with one attached hydrogen (secondary N) is 1. The third-order valence-electron chi connectivity index (χ3n) is 2.02. The fraction of sp³-hybridized carbons (Fsp3) is 0.0909. The van der Waals surface area contributed by atoms with Gasteiger partial charge in [-0.25, -0.2) is 14.4 Å². The second-order valence-corrected chi connectivity index (χ2v) is 4.14. The molecule has 2 rings (SSSR count). The summed E-state index contributed by atoms with van der Waals surface area (Å²) in [6.07, 6.45) is 0. The molecule has 1 heterocycles. The molecule has 1 aromatic heterocycles. The molecule has 0 aliphatic carbocycles. The first-order valence-corrected chi connectivity index (χ1v) is 5.54. The lowest BCUT2D eigenvalue weighted by Crippen LogP contribution is -1.99. The van der Waals surface area contributed by atoms with Crippen molar-refractivity contribution >= 4 is 34.7 Å². The molecule has 0 fully saturated rings. The summed E-state index contributed by atoms with van der Waals surface area (Å²) >= 11 is 11.4. The van der Waals surface area contributed by atoms with Crippen LogP contribution in [0.5, 0.6) is 0 Å². The van der Waals surface area contributed by atoms with Crippen molar-refractivity contribution in [3.63, 3.8) is 0 Å². The second kappa shape index (κ2) is 4.85. The van der Waals surface area contributed by atoms with Gasteiger partial charge in [-0.3, -0.25) is 0 Å². The van der Waals surface area contributed by atoms with Crippen LogP contribution >= 0.6 is 23.2 Å². The third-order valence-corrected chi connectivity index (χ3v) is 2.51. The molecule has 17 heavy (non-hydrogen) atoms. The first kappa shape index (κ1) is 12.1. The van der Waals surface area contributed by atoms with E-state index in [1.54, 1.807) is 19.1 Å². The molecule has 3 nitrogen and oxygen atoms in total. The zero-order valence-electron chi connectivity index (χ0n) is 8.84. The van der Waals surface area contributed by atoms with Crippen molar-refractivity contribution in [1.29, 1.82) is 0 Å². The predicted molar refractivity (Wildman–Crippen MR) is 66.5 cm³/mol. The molecule has 0 saturated heterocycles. The molecule has 0 spiro atoms. The van der Waals surface area contributed by atoms with Gasteiger partial charge in [0.2, 0.25) is 0 Å². The number of aryl methyl sites for hydroxylation is 1. The van der Waals surface area contributed by atoms with E-state index in [0.717, 1.165) is 0 Å². The van der Waals surface area contributed by atoms with Crippen LogP contribution < -0.4 is 5.32 Å². The minimum absolute atomic E-state index is 0.0480. The summed E-state index contributed by atoms with van der Waals surface area (Å²) < 4.78 is 13.6. The summed E-state index contributed by atoms with van der Waals surface area (Å²) in [6, 6.07) is 6.19. The van der Waals surface area contributed by atoms with E-state index in [0.29, 0.717) is 16.8 Å². The number of rotatable bonds is 2. The van der Waals surface area contributed by atoms with Crippen LogP contribution in [0, 0.1) is 12.7 Å². The van der Waals surface area contributed by atoms with Crippen LogP contribution in [-0.4, -0.2) is 9.97 Å². The van der Waals surface area contributed by atoms with Gasteiger partial charge in [-0.05, 0) is 19.1 Å². The number of nitrogens with zero attached hydrogens (tertiary/aromatic N) is 2. The standard InChI is InChI=1S/C11H8Cl2FN3/c1-6-15-9(13)5-10(16-6)17-8-4-2-3-7(12)11(8)14/h2-5H,1H3,(H,15,16,17). The SMILES string of the molecule is Cc1nc(Cl)cc(Nc2cccc(Cl)c2F)n1. The van der Waals surface area contributed by atoms with Crippen LogP contribution in [-0.2, 0) is 0 Å². The van der Waals surface area contributed by atoms with Crippen molar-refractivity contribution in [1.82, 2.24) is 9.97 Å². The molecule has 0 saturated carbocycles. The van der Waals surface area contributed by atoms with Gasteiger partial charge in [0.1, 0.15) is 16.8 Å². The first-order chi connectivity index (χ1) is 8.06. The molecule has 6 heteroatoms. The van der Waals surface area contributed by atoms with E-state index in [2.05, 4.69) is 15.3 Å². The van der Waals surface area contributed by atoms with E-state index in [1.807, 2.05) is 0 Å².